The van der Waals surface area contributed by atoms with Gasteiger partial charge in [-0.15, -0.1) is 0 Å². The fraction of sp³-hybridized carbons (Fsp3) is 0.571. The Labute approximate surface area is 121 Å². The molecule has 1 aromatic rings. The standard InChI is InChI=1S/C14H22N2O3S/c1-11-5-4-6-14(7-11)8-15-20(17,18)16-9-12(2)19-13(3)10-16/h4-7,12-13,15H,8-10H2,1-3H3. The first-order valence-electron chi connectivity index (χ1n) is 6.82. The summed E-state index contributed by atoms with van der Waals surface area (Å²) in [7, 11) is -3.46. The molecular weight excluding hydrogens is 276 g/mol. The van der Waals surface area contributed by atoms with Gasteiger partial charge in [0.2, 0.25) is 0 Å². The zero-order chi connectivity index (χ0) is 14.8. The molecule has 1 aromatic carbocycles. The van der Waals surface area contributed by atoms with Crippen LogP contribution in [0.3, 0.4) is 0 Å². The van der Waals surface area contributed by atoms with Gasteiger partial charge in [-0.25, -0.2) is 0 Å². The molecule has 1 aliphatic heterocycles. The summed E-state index contributed by atoms with van der Waals surface area (Å²) in [5.41, 5.74) is 2.08. The summed E-state index contributed by atoms with van der Waals surface area (Å²) in [5.74, 6) is 0. The number of hydrogen-bond donors (Lipinski definition) is 1. The van der Waals surface area contributed by atoms with Crippen molar-refractivity contribution in [2.45, 2.75) is 39.5 Å². The minimum atomic E-state index is -3.46. The molecule has 1 fully saturated rings. The van der Waals surface area contributed by atoms with Crippen molar-refractivity contribution >= 4 is 10.2 Å². The van der Waals surface area contributed by atoms with Crippen LogP contribution < -0.4 is 4.72 Å². The summed E-state index contributed by atoms with van der Waals surface area (Å²) in [6, 6.07) is 7.81. The van der Waals surface area contributed by atoms with Crippen molar-refractivity contribution < 1.29 is 13.2 Å². The normalized spacial score (nSPS) is 24.8. The third-order valence-corrected chi connectivity index (χ3v) is 4.75. The average molecular weight is 298 g/mol. The number of hydrogen-bond acceptors (Lipinski definition) is 3. The van der Waals surface area contributed by atoms with E-state index in [-0.39, 0.29) is 12.2 Å². The first-order valence-corrected chi connectivity index (χ1v) is 8.26. The molecule has 0 spiro atoms. The molecule has 5 nitrogen and oxygen atoms in total. The highest BCUT2D eigenvalue weighted by molar-refractivity contribution is 7.87. The number of morpholine rings is 1. The zero-order valence-corrected chi connectivity index (χ0v) is 13.0. The molecule has 0 aliphatic carbocycles. The van der Waals surface area contributed by atoms with Gasteiger partial charge in [-0.1, -0.05) is 29.8 Å². The van der Waals surface area contributed by atoms with Crippen LogP contribution in [0.15, 0.2) is 24.3 Å². The van der Waals surface area contributed by atoms with Gasteiger partial charge in [0.1, 0.15) is 0 Å². The van der Waals surface area contributed by atoms with Crippen molar-refractivity contribution in [3.63, 3.8) is 0 Å². The van der Waals surface area contributed by atoms with Crippen LogP contribution in [0.25, 0.3) is 0 Å². The van der Waals surface area contributed by atoms with E-state index in [0.717, 1.165) is 11.1 Å². The van der Waals surface area contributed by atoms with Crippen LogP contribution in [0.5, 0.6) is 0 Å². The third-order valence-electron chi connectivity index (χ3n) is 3.27. The number of rotatable bonds is 4. The van der Waals surface area contributed by atoms with Crippen LogP contribution in [0, 0.1) is 6.92 Å². The Morgan fingerprint density at radius 1 is 1.30 bits per heavy atom. The molecular formula is C14H22N2O3S. The molecule has 0 bridgehead atoms. The molecule has 2 atom stereocenters. The monoisotopic (exact) mass is 298 g/mol. The van der Waals surface area contributed by atoms with Gasteiger partial charge in [0, 0.05) is 19.6 Å². The second-order valence-electron chi connectivity index (χ2n) is 5.39. The van der Waals surface area contributed by atoms with Crippen LogP contribution in [-0.4, -0.2) is 38.0 Å². The lowest BCUT2D eigenvalue weighted by Gasteiger charge is -2.34. The smallest absolute Gasteiger partial charge is 0.279 e. The molecule has 6 heteroatoms. The molecule has 0 amide bonds. The maximum absolute atomic E-state index is 12.3. The van der Waals surface area contributed by atoms with Gasteiger partial charge in [0.15, 0.2) is 0 Å². The molecule has 2 unspecified atom stereocenters. The zero-order valence-electron chi connectivity index (χ0n) is 12.2. The lowest BCUT2D eigenvalue weighted by Crippen LogP contribution is -2.51. The van der Waals surface area contributed by atoms with Crippen molar-refractivity contribution in [3.05, 3.63) is 35.4 Å². The molecule has 0 radical (unpaired) electrons. The molecule has 0 aromatic heterocycles. The highest BCUT2D eigenvalue weighted by Gasteiger charge is 2.30. The largest absolute Gasteiger partial charge is 0.373 e. The molecule has 1 N–H and O–H groups in total. The van der Waals surface area contributed by atoms with Crippen LogP contribution in [-0.2, 0) is 21.5 Å². The van der Waals surface area contributed by atoms with Gasteiger partial charge in [-0.05, 0) is 26.3 Å². The first-order chi connectivity index (χ1) is 9.37. The SMILES string of the molecule is Cc1cccc(CNS(=O)(=O)N2CC(C)OC(C)C2)c1. The van der Waals surface area contributed by atoms with E-state index in [1.165, 1.54) is 4.31 Å². The molecule has 0 saturated carbocycles. The van der Waals surface area contributed by atoms with Crippen LogP contribution in [0.1, 0.15) is 25.0 Å². The number of nitrogens with zero attached hydrogens (tertiary/aromatic N) is 1. The highest BCUT2D eigenvalue weighted by atomic mass is 32.2. The average Bonchev–Trinajstić information content (AvgIpc) is 2.35. The number of aryl methyl sites for hydroxylation is 1. The van der Waals surface area contributed by atoms with E-state index in [1.807, 2.05) is 45.0 Å². The van der Waals surface area contributed by atoms with Gasteiger partial charge in [0.25, 0.3) is 10.2 Å². The fourth-order valence-corrected chi connectivity index (χ4v) is 3.76. The summed E-state index contributed by atoms with van der Waals surface area (Å²) in [4.78, 5) is 0. The Kier molecular flexibility index (Phi) is 4.80. The summed E-state index contributed by atoms with van der Waals surface area (Å²) >= 11 is 0. The van der Waals surface area contributed by atoms with Crippen molar-refractivity contribution in [3.8, 4) is 0 Å². The number of nitrogens with one attached hydrogen (secondary N) is 1. The first kappa shape index (κ1) is 15.4. The van der Waals surface area contributed by atoms with Crippen molar-refractivity contribution in [2.24, 2.45) is 0 Å². The number of benzene rings is 1. The van der Waals surface area contributed by atoms with Crippen LogP contribution in [0.4, 0.5) is 0 Å². The Morgan fingerprint density at radius 2 is 1.95 bits per heavy atom. The molecule has 20 heavy (non-hydrogen) atoms. The van der Waals surface area contributed by atoms with Gasteiger partial charge in [-0.3, -0.25) is 0 Å². The highest BCUT2D eigenvalue weighted by Crippen LogP contribution is 2.14. The van der Waals surface area contributed by atoms with E-state index in [4.69, 9.17) is 4.74 Å². The van der Waals surface area contributed by atoms with E-state index in [1.54, 1.807) is 0 Å². The second-order valence-corrected chi connectivity index (χ2v) is 7.14. The predicted molar refractivity (Wildman–Crippen MR) is 78.5 cm³/mol. The van der Waals surface area contributed by atoms with Crippen LogP contribution in [0.2, 0.25) is 0 Å². The Balaban J connectivity index is 2.00. The van der Waals surface area contributed by atoms with E-state index in [9.17, 15) is 8.42 Å². The van der Waals surface area contributed by atoms with E-state index in [2.05, 4.69) is 4.72 Å². The lowest BCUT2D eigenvalue weighted by molar-refractivity contribution is -0.0444. The topological polar surface area (TPSA) is 58.6 Å². The molecule has 1 aliphatic rings. The Morgan fingerprint density at radius 3 is 2.55 bits per heavy atom. The molecule has 1 saturated heterocycles. The predicted octanol–water partition coefficient (Wildman–Crippen LogP) is 1.44. The molecule has 2 rings (SSSR count). The maximum atomic E-state index is 12.3. The van der Waals surface area contributed by atoms with Gasteiger partial charge in [0.05, 0.1) is 12.2 Å². The third kappa shape index (κ3) is 4.02. The summed E-state index contributed by atoms with van der Waals surface area (Å²) in [5, 5.41) is 0. The lowest BCUT2D eigenvalue weighted by atomic mass is 10.1. The van der Waals surface area contributed by atoms with Gasteiger partial charge < -0.3 is 4.74 Å². The Bertz CT molecular complexity index is 549. The van der Waals surface area contributed by atoms with Crippen molar-refractivity contribution in [1.29, 1.82) is 0 Å². The van der Waals surface area contributed by atoms with E-state index >= 15 is 0 Å². The van der Waals surface area contributed by atoms with E-state index in [0.29, 0.717) is 19.6 Å². The molecule has 1 heterocycles. The molecule has 112 valence electrons. The Hall–Kier alpha value is -0.950. The van der Waals surface area contributed by atoms with Crippen molar-refractivity contribution in [2.75, 3.05) is 13.1 Å². The minimum absolute atomic E-state index is 0.0747. The summed E-state index contributed by atoms with van der Waals surface area (Å²) < 4.78 is 34.3. The summed E-state index contributed by atoms with van der Waals surface area (Å²) in [6.45, 7) is 6.87. The van der Waals surface area contributed by atoms with Crippen molar-refractivity contribution in [1.82, 2.24) is 9.03 Å². The quantitative estimate of drug-likeness (QED) is 0.915. The number of ether oxygens (including phenoxy) is 1. The van der Waals surface area contributed by atoms with Crippen LogP contribution >= 0.6 is 0 Å². The van der Waals surface area contributed by atoms with E-state index < -0.39 is 10.2 Å². The fourth-order valence-electron chi connectivity index (χ4n) is 2.41. The second kappa shape index (κ2) is 6.22. The van der Waals surface area contributed by atoms with Gasteiger partial charge in [-0.2, -0.15) is 17.4 Å². The maximum Gasteiger partial charge on any atom is 0.279 e. The summed E-state index contributed by atoms with van der Waals surface area (Å²) in [6.07, 6.45) is -0.149. The van der Waals surface area contributed by atoms with Gasteiger partial charge >= 0.3 is 0 Å². The minimum Gasteiger partial charge on any atom is -0.373 e.